The summed E-state index contributed by atoms with van der Waals surface area (Å²) in [6, 6.07) is 4.14. The van der Waals surface area contributed by atoms with Crippen LogP contribution >= 0.6 is 0 Å². The van der Waals surface area contributed by atoms with Crippen molar-refractivity contribution in [2.75, 3.05) is 6.61 Å². The molecule has 0 radical (unpaired) electrons. The third-order valence-electron chi connectivity index (χ3n) is 4.33. The monoisotopic (exact) mass is 260 g/mol. The maximum atomic E-state index is 12.9. The Bertz CT molecular complexity index is 482. The quantitative estimate of drug-likeness (QED) is 0.760. The van der Waals surface area contributed by atoms with Gasteiger partial charge in [-0.05, 0) is 76.1 Å². The molecule has 0 spiro atoms. The Kier molecular flexibility index (Phi) is 4.10. The van der Waals surface area contributed by atoms with Gasteiger partial charge in [-0.25, -0.2) is 0 Å². The molecule has 0 bridgehead atoms. The number of carbonyl (C=O) groups is 1. The summed E-state index contributed by atoms with van der Waals surface area (Å²) in [7, 11) is 0. The first-order chi connectivity index (χ1) is 9.00. The van der Waals surface area contributed by atoms with Crippen LogP contribution in [0.15, 0.2) is 12.1 Å². The third kappa shape index (κ3) is 2.59. The molecule has 0 amide bonds. The Morgan fingerprint density at radius 1 is 1.11 bits per heavy atom. The predicted octanol–water partition coefficient (Wildman–Crippen LogP) is 4.14. The summed E-state index contributed by atoms with van der Waals surface area (Å²) in [5.41, 5.74) is 3.78. The van der Waals surface area contributed by atoms with Crippen LogP contribution < -0.4 is 0 Å². The molecule has 0 heterocycles. The molecule has 2 heteroatoms. The van der Waals surface area contributed by atoms with Crippen molar-refractivity contribution < 1.29 is 9.53 Å². The molecule has 0 N–H and O–H groups in total. The van der Waals surface area contributed by atoms with E-state index in [-0.39, 0.29) is 5.78 Å². The number of rotatable bonds is 4. The van der Waals surface area contributed by atoms with Gasteiger partial charge in [-0.15, -0.1) is 0 Å². The van der Waals surface area contributed by atoms with Gasteiger partial charge in [0.2, 0.25) is 0 Å². The first-order valence-corrected chi connectivity index (χ1v) is 7.27. The van der Waals surface area contributed by atoms with E-state index in [4.69, 9.17) is 4.74 Å². The highest BCUT2D eigenvalue weighted by atomic mass is 16.5. The van der Waals surface area contributed by atoms with Crippen molar-refractivity contribution in [3.05, 3.63) is 34.4 Å². The average Bonchev–Trinajstić information content (AvgIpc) is 2.83. The molecular formula is C17H24O2. The Balaban J connectivity index is 2.40. The van der Waals surface area contributed by atoms with Crippen LogP contribution in [0.4, 0.5) is 0 Å². The molecule has 0 aromatic heterocycles. The van der Waals surface area contributed by atoms with E-state index in [9.17, 15) is 4.79 Å². The molecule has 0 atom stereocenters. The molecule has 0 aliphatic heterocycles. The second kappa shape index (κ2) is 5.46. The average molecular weight is 260 g/mol. The third-order valence-corrected chi connectivity index (χ3v) is 4.33. The van der Waals surface area contributed by atoms with Crippen LogP contribution in [-0.4, -0.2) is 18.0 Å². The fraction of sp³-hybridized carbons (Fsp3) is 0.588. The van der Waals surface area contributed by atoms with Gasteiger partial charge in [0.1, 0.15) is 5.60 Å². The van der Waals surface area contributed by atoms with Gasteiger partial charge in [-0.1, -0.05) is 6.07 Å². The fourth-order valence-electron chi connectivity index (χ4n) is 3.11. The molecule has 19 heavy (non-hydrogen) atoms. The summed E-state index contributed by atoms with van der Waals surface area (Å²) < 4.78 is 5.88. The number of benzene rings is 1. The summed E-state index contributed by atoms with van der Waals surface area (Å²) in [6.45, 7) is 8.75. The Morgan fingerprint density at radius 3 is 2.26 bits per heavy atom. The molecule has 0 unspecified atom stereocenters. The molecule has 1 aromatic carbocycles. The summed E-state index contributed by atoms with van der Waals surface area (Å²) in [4.78, 5) is 12.9. The number of ether oxygens (including phenoxy) is 1. The zero-order valence-corrected chi connectivity index (χ0v) is 12.5. The van der Waals surface area contributed by atoms with Gasteiger partial charge in [0, 0.05) is 12.2 Å². The number of carbonyl (C=O) groups excluding carboxylic acids is 1. The normalized spacial score (nSPS) is 17.7. The summed E-state index contributed by atoms with van der Waals surface area (Å²) in [5, 5.41) is 0. The minimum atomic E-state index is -0.554. The minimum absolute atomic E-state index is 0.187. The van der Waals surface area contributed by atoms with Crippen molar-refractivity contribution in [2.45, 2.75) is 59.0 Å². The van der Waals surface area contributed by atoms with Crippen molar-refractivity contribution in [3.8, 4) is 0 Å². The van der Waals surface area contributed by atoms with E-state index in [0.29, 0.717) is 6.61 Å². The Hall–Kier alpha value is -1.15. The lowest BCUT2D eigenvalue weighted by molar-refractivity contribution is -0.0164. The van der Waals surface area contributed by atoms with E-state index >= 15 is 0 Å². The van der Waals surface area contributed by atoms with Crippen molar-refractivity contribution in [1.29, 1.82) is 0 Å². The van der Waals surface area contributed by atoms with Gasteiger partial charge in [0.15, 0.2) is 5.78 Å². The highest BCUT2D eigenvalue weighted by molar-refractivity contribution is 6.04. The standard InChI is InChI=1S/C17H24O2/c1-5-19-17(8-6-7-9-17)16(18)15-11-13(3)12(2)10-14(15)4/h10-11H,5-9H2,1-4H3. The summed E-state index contributed by atoms with van der Waals surface area (Å²) in [6.07, 6.45) is 3.92. The van der Waals surface area contributed by atoms with Crippen LogP contribution in [-0.2, 0) is 4.74 Å². The van der Waals surface area contributed by atoms with E-state index in [1.807, 2.05) is 19.9 Å². The fourth-order valence-corrected chi connectivity index (χ4v) is 3.11. The maximum Gasteiger partial charge on any atom is 0.194 e. The van der Waals surface area contributed by atoms with Crippen molar-refractivity contribution in [3.63, 3.8) is 0 Å². The molecule has 2 nitrogen and oxygen atoms in total. The lowest BCUT2D eigenvalue weighted by atomic mass is 9.87. The van der Waals surface area contributed by atoms with Gasteiger partial charge < -0.3 is 4.74 Å². The van der Waals surface area contributed by atoms with Crippen LogP contribution in [0.5, 0.6) is 0 Å². The van der Waals surface area contributed by atoms with Crippen molar-refractivity contribution in [1.82, 2.24) is 0 Å². The van der Waals surface area contributed by atoms with E-state index in [2.05, 4.69) is 19.9 Å². The van der Waals surface area contributed by atoms with Gasteiger partial charge in [-0.2, -0.15) is 0 Å². The predicted molar refractivity (Wildman–Crippen MR) is 77.8 cm³/mol. The van der Waals surface area contributed by atoms with Crippen LogP contribution in [0.25, 0.3) is 0 Å². The Morgan fingerprint density at radius 2 is 1.68 bits per heavy atom. The van der Waals surface area contributed by atoms with E-state index < -0.39 is 5.60 Å². The molecule has 104 valence electrons. The lowest BCUT2D eigenvalue weighted by Crippen LogP contribution is -2.39. The van der Waals surface area contributed by atoms with Crippen molar-refractivity contribution in [2.24, 2.45) is 0 Å². The molecule has 1 aliphatic rings. The van der Waals surface area contributed by atoms with Crippen LogP contribution in [0.2, 0.25) is 0 Å². The van der Waals surface area contributed by atoms with Gasteiger partial charge in [-0.3, -0.25) is 4.79 Å². The number of hydrogen-bond acceptors (Lipinski definition) is 2. The van der Waals surface area contributed by atoms with Crippen LogP contribution in [0, 0.1) is 20.8 Å². The number of ketones is 1. The molecule has 1 aliphatic carbocycles. The lowest BCUT2D eigenvalue weighted by Gasteiger charge is -2.28. The van der Waals surface area contributed by atoms with Crippen molar-refractivity contribution >= 4 is 5.78 Å². The topological polar surface area (TPSA) is 26.3 Å². The minimum Gasteiger partial charge on any atom is -0.367 e. The van der Waals surface area contributed by atoms with Crippen LogP contribution in [0.3, 0.4) is 0 Å². The number of Topliss-reactive ketones (excluding diaryl/α,β-unsaturated/α-hetero) is 1. The van der Waals surface area contributed by atoms with Gasteiger partial charge in [0.05, 0.1) is 0 Å². The number of aryl methyl sites for hydroxylation is 3. The summed E-state index contributed by atoms with van der Waals surface area (Å²) >= 11 is 0. The highest BCUT2D eigenvalue weighted by Gasteiger charge is 2.42. The second-order valence-corrected chi connectivity index (χ2v) is 5.71. The molecule has 1 aromatic rings. The first kappa shape index (κ1) is 14.3. The zero-order valence-electron chi connectivity index (χ0n) is 12.5. The molecule has 1 saturated carbocycles. The van der Waals surface area contributed by atoms with E-state index in [1.54, 1.807) is 0 Å². The zero-order chi connectivity index (χ0) is 14.0. The number of hydrogen-bond donors (Lipinski definition) is 0. The van der Waals surface area contributed by atoms with Gasteiger partial charge in [0.25, 0.3) is 0 Å². The SMILES string of the molecule is CCOC1(C(=O)c2cc(C)c(C)cc2C)CCCC1. The van der Waals surface area contributed by atoms with Gasteiger partial charge >= 0.3 is 0 Å². The Labute approximate surface area is 116 Å². The summed E-state index contributed by atoms with van der Waals surface area (Å²) in [5.74, 6) is 0.187. The first-order valence-electron chi connectivity index (χ1n) is 7.27. The second-order valence-electron chi connectivity index (χ2n) is 5.71. The highest BCUT2D eigenvalue weighted by Crippen LogP contribution is 2.37. The van der Waals surface area contributed by atoms with Crippen LogP contribution in [0.1, 0.15) is 59.7 Å². The maximum absolute atomic E-state index is 12.9. The molecule has 1 fully saturated rings. The molecule has 0 saturated heterocycles. The van der Waals surface area contributed by atoms with E-state index in [1.165, 1.54) is 11.1 Å². The van der Waals surface area contributed by atoms with E-state index in [0.717, 1.165) is 36.8 Å². The largest absolute Gasteiger partial charge is 0.367 e. The smallest absolute Gasteiger partial charge is 0.194 e. The molecular weight excluding hydrogens is 236 g/mol. The molecule has 2 rings (SSSR count).